The first-order valence-electron chi connectivity index (χ1n) is 14.1. The molecule has 0 bridgehead atoms. The van der Waals surface area contributed by atoms with Crippen molar-refractivity contribution in [3.63, 3.8) is 0 Å². The van der Waals surface area contributed by atoms with Crippen LogP contribution in [0.1, 0.15) is 70.5 Å². The van der Waals surface area contributed by atoms with Crippen LogP contribution in [0.5, 0.6) is 11.5 Å². The highest BCUT2D eigenvalue weighted by Gasteiger charge is 2.40. The number of amides is 1. The zero-order chi connectivity index (χ0) is 27.8. The monoisotopic (exact) mass is 532 g/mol. The highest BCUT2D eigenvalue weighted by molar-refractivity contribution is 5.70. The van der Waals surface area contributed by atoms with E-state index in [9.17, 15) is 9.59 Å². The largest absolute Gasteiger partial charge is 0.493 e. The molecule has 1 fully saturated rings. The van der Waals surface area contributed by atoms with Gasteiger partial charge in [-0.3, -0.25) is 9.69 Å². The number of benzene rings is 1. The van der Waals surface area contributed by atoms with Crippen LogP contribution in [0.25, 0.3) is 0 Å². The van der Waals surface area contributed by atoms with E-state index in [0.717, 1.165) is 50.3 Å². The lowest BCUT2D eigenvalue weighted by atomic mass is 9.74. The molecule has 1 saturated heterocycles. The van der Waals surface area contributed by atoms with Crippen LogP contribution in [-0.4, -0.2) is 64.5 Å². The summed E-state index contributed by atoms with van der Waals surface area (Å²) in [6, 6.07) is 4.52. The van der Waals surface area contributed by atoms with Gasteiger partial charge in [0.1, 0.15) is 0 Å². The summed E-state index contributed by atoms with van der Waals surface area (Å²) < 4.78 is 21.8. The second-order valence-electron chi connectivity index (χ2n) is 11.8. The van der Waals surface area contributed by atoms with Gasteiger partial charge in [-0.2, -0.15) is 0 Å². The smallest absolute Gasteiger partial charge is 0.407 e. The molecule has 3 rings (SSSR count). The van der Waals surface area contributed by atoms with Gasteiger partial charge in [-0.25, -0.2) is 4.79 Å². The van der Waals surface area contributed by atoms with Crippen LogP contribution >= 0.6 is 0 Å². The molecule has 8 heteroatoms. The van der Waals surface area contributed by atoms with E-state index < -0.39 is 6.09 Å². The molecule has 3 unspecified atom stereocenters. The maximum Gasteiger partial charge on any atom is 0.407 e. The van der Waals surface area contributed by atoms with Crippen molar-refractivity contribution in [2.45, 2.75) is 65.8 Å². The number of ether oxygens (including phenoxy) is 4. The SMILES string of the molecule is COC(=O)C[C@@H](CNC(=O)OCC1CC2c3cc(OC)c(OC)cc3CCN2CC1CC(C)C)CC(C)C. The van der Waals surface area contributed by atoms with Gasteiger partial charge in [0, 0.05) is 25.7 Å². The average Bonchev–Trinajstić information content (AvgIpc) is 2.88. The number of piperidine rings is 1. The number of hydrogen-bond acceptors (Lipinski definition) is 7. The van der Waals surface area contributed by atoms with Gasteiger partial charge >= 0.3 is 12.1 Å². The first-order chi connectivity index (χ1) is 18.1. The number of nitrogens with one attached hydrogen (secondary N) is 1. The van der Waals surface area contributed by atoms with Crippen molar-refractivity contribution in [1.82, 2.24) is 10.2 Å². The fourth-order valence-electron chi connectivity index (χ4n) is 6.27. The molecule has 1 amide bonds. The Kier molecular flexibility index (Phi) is 11.1. The molecule has 1 aromatic rings. The molecule has 2 aliphatic rings. The third-order valence-electron chi connectivity index (χ3n) is 8.00. The summed E-state index contributed by atoms with van der Waals surface area (Å²) in [7, 11) is 4.75. The minimum atomic E-state index is -0.412. The van der Waals surface area contributed by atoms with Crippen molar-refractivity contribution in [3.05, 3.63) is 23.3 Å². The topological polar surface area (TPSA) is 86.3 Å². The number of hydrogen-bond donors (Lipinski definition) is 1. The number of carbonyl (C=O) groups is 2. The van der Waals surface area contributed by atoms with Crippen LogP contribution in [0.2, 0.25) is 0 Å². The minimum absolute atomic E-state index is 0.0256. The molecule has 2 aliphatic heterocycles. The number of methoxy groups -OCH3 is 3. The van der Waals surface area contributed by atoms with Crippen LogP contribution in [0.15, 0.2) is 12.1 Å². The van der Waals surface area contributed by atoms with Gasteiger partial charge in [-0.15, -0.1) is 0 Å². The van der Waals surface area contributed by atoms with Gasteiger partial charge in [-0.05, 0) is 78.5 Å². The lowest BCUT2D eigenvalue weighted by Gasteiger charge is -2.47. The Balaban J connectivity index is 1.67. The molecule has 214 valence electrons. The fraction of sp³-hybridized carbons (Fsp3) is 0.733. The van der Waals surface area contributed by atoms with Crippen molar-refractivity contribution in [2.75, 3.05) is 47.6 Å². The van der Waals surface area contributed by atoms with E-state index in [1.807, 2.05) is 0 Å². The maximum atomic E-state index is 12.7. The molecule has 0 saturated carbocycles. The Morgan fingerprint density at radius 1 is 1.03 bits per heavy atom. The number of nitrogens with zero attached hydrogens (tertiary/aromatic N) is 1. The van der Waals surface area contributed by atoms with Gasteiger partial charge in [0.25, 0.3) is 0 Å². The Labute approximate surface area is 228 Å². The van der Waals surface area contributed by atoms with Crippen LogP contribution in [0.4, 0.5) is 4.79 Å². The number of rotatable bonds is 12. The van der Waals surface area contributed by atoms with Crippen LogP contribution < -0.4 is 14.8 Å². The number of carbonyl (C=O) groups excluding carboxylic acids is 2. The predicted molar refractivity (Wildman–Crippen MR) is 148 cm³/mol. The molecular weight excluding hydrogens is 484 g/mol. The van der Waals surface area contributed by atoms with Gasteiger partial charge in [0.15, 0.2) is 11.5 Å². The van der Waals surface area contributed by atoms with E-state index in [1.165, 1.54) is 18.2 Å². The Morgan fingerprint density at radius 3 is 2.37 bits per heavy atom. The first kappa shape index (κ1) is 30.1. The molecule has 38 heavy (non-hydrogen) atoms. The van der Waals surface area contributed by atoms with Crippen molar-refractivity contribution in [1.29, 1.82) is 0 Å². The molecule has 2 heterocycles. The summed E-state index contributed by atoms with van der Waals surface area (Å²) in [6.07, 6.45) is 3.75. The molecule has 4 atom stereocenters. The second-order valence-corrected chi connectivity index (χ2v) is 11.8. The maximum absolute atomic E-state index is 12.7. The average molecular weight is 533 g/mol. The van der Waals surface area contributed by atoms with Crippen LogP contribution in [0.3, 0.4) is 0 Å². The van der Waals surface area contributed by atoms with E-state index in [1.54, 1.807) is 14.2 Å². The predicted octanol–water partition coefficient (Wildman–Crippen LogP) is 5.24. The normalized spacial score (nSPS) is 21.9. The molecule has 8 nitrogen and oxygen atoms in total. The number of esters is 1. The molecular formula is C30H48N2O6. The molecule has 0 aliphatic carbocycles. The highest BCUT2D eigenvalue weighted by atomic mass is 16.5. The third kappa shape index (κ3) is 8.01. The summed E-state index contributed by atoms with van der Waals surface area (Å²) in [5.41, 5.74) is 2.61. The standard InChI is InChI=1S/C30H48N2O6/c1-19(2)10-21(12-29(33)37-7)16-31-30(34)38-18-24-13-26-25-15-28(36-6)27(35-5)14-22(25)8-9-32(26)17-23(24)11-20(3)4/h14-15,19-21,23-24,26H,8-13,16-18H2,1-7H3,(H,31,34)/t21-,23?,24?,26?/m0/s1. The third-order valence-corrected chi connectivity index (χ3v) is 8.00. The van der Waals surface area contributed by atoms with Crippen LogP contribution in [0, 0.1) is 29.6 Å². The Bertz CT molecular complexity index is 934. The summed E-state index contributed by atoms with van der Waals surface area (Å²) >= 11 is 0. The van der Waals surface area contributed by atoms with Crippen molar-refractivity contribution in [2.24, 2.45) is 29.6 Å². The van der Waals surface area contributed by atoms with Gasteiger partial charge < -0.3 is 24.3 Å². The molecule has 1 N–H and O–H groups in total. The molecule has 0 radical (unpaired) electrons. The van der Waals surface area contributed by atoms with E-state index in [4.69, 9.17) is 18.9 Å². The number of fused-ring (bicyclic) bond motifs is 3. The fourth-order valence-corrected chi connectivity index (χ4v) is 6.27. The van der Waals surface area contributed by atoms with Gasteiger partial charge in [0.05, 0.1) is 34.4 Å². The van der Waals surface area contributed by atoms with Crippen molar-refractivity contribution in [3.8, 4) is 11.5 Å². The van der Waals surface area contributed by atoms with Gasteiger partial charge in [0.2, 0.25) is 0 Å². The molecule has 0 spiro atoms. The second kappa shape index (κ2) is 14.1. The summed E-state index contributed by atoms with van der Waals surface area (Å²) in [6.45, 7) is 11.6. The summed E-state index contributed by atoms with van der Waals surface area (Å²) in [4.78, 5) is 27.1. The minimum Gasteiger partial charge on any atom is -0.493 e. The Morgan fingerprint density at radius 2 is 1.74 bits per heavy atom. The van der Waals surface area contributed by atoms with E-state index in [2.05, 4.69) is 50.0 Å². The summed E-state index contributed by atoms with van der Waals surface area (Å²) in [5.74, 6) is 3.03. The lowest BCUT2D eigenvalue weighted by Crippen LogP contribution is -2.47. The van der Waals surface area contributed by atoms with E-state index in [-0.39, 0.29) is 23.8 Å². The highest BCUT2D eigenvalue weighted by Crippen LogP contribution is 2.45. The zero-order valence-corrected chi connectivity index (χ0v) is 24.4. The van der Waals surface area contributed by atoms with E-state index in [0.29, 0.717) is 37.3 Å². The van der Waals surface area contributed by atoms with Crippen LogP contribution in [-0.2, 0) is 20.7 Å². The van der Waals surface area contributed by atoms with Gasteiger partial charge in [-0.1, -0.05) is 27.7 Å². The Hall–Kier alpha value is -2.48. The van der Waals surface area contributed by atoms with Crippen molar-refractivity contribution < 1.29 is 28.5 Å². The lowest BCUT2D eigenvalue weighted by molar-refractivity contribution is -0.141. The zero-order valence-electron chi connectivity index (χ0n) is 24.4. The van der Waals surface area contributed by atoms with Crippen molar-refractivity contribution >= 4 is 12.1 Å². The van der Waals surface area contributed by atoms with E-state index >= 15 is 0 Å². The quantitative estimate of drug-likeness (QED) is 0.369. The summed E-state index contributed by atoms with van der Waals surface area (Å²) in [5, 5.41) is 2.90. The molecule has 1 aromatic carbocycles. The first-order valence-corrected chi connectivity index (χ1v) is 14.1. The molecule has 0 aromatic heterocycles. The number of alkyl carbamates (subject to hydrolysis) is 1.